The van der Waals surface area contributed by atoms with E-state index < -0.39 is 0 Å². The molecule has 0 radical (unpaired) electrons. The van der Waals surface area contributed by atoms with Crippen LogP contribution in [0.2, 0.25) is 5.02 Å². The fourth-order valence-electron chi connectivity index (χ4n) is 1.45. The standard InChI is InChI=1S/C12H11ClN4O2S/c1-6-10(20-12(14)16-6)11(19)17-15-5-7-2-3-9(18)8(13)4-7/h2-5,18H,1H3,(H2,14,16)(H,17,19)/b15-5-. The first-order chi connectivity index (χ1) is 9.47. The lowest BCUT2D eigenvalue weighted by molar-refractivity contribution is 0.0958. The number of benzene rings is 1. The largest absolute Gasteiger partial charge is 0.506 e. The lowest BCUT2D eigenvalue weighted by atomic mass is 10.2. The highest BCUT2D eigenvalue weighted by Crippen LogP contribution is 2.23. The minimum atomic E-state index is -0.377. The maximum Gasteiger partial charge on any atom is 0.283 e. The molecular weight excluding hydrogens is 300 g/mol. The number of aryl methyl sites for hydroxylation is 1. The molecule has 0 spiro atoms. The Morgan fingerprint density at radius 3 is 2.95 bits per heavy atom. The summed E-state index contributed by atoms with van der Waals surface area (Å²) in [6.07, 6.45) is 1.42. The molecule has 0 aliphatic heterocycles. The Kier molecular flexibility index (Phi) is 4.21. The van der Waals surface area contributed by atoms with E-state index in [1.807, 2.05) is 0 Å². The maximum absolute atomic E-state index is 11.8. The molecule has 0 saturated heterocycles. The maximum atomic E-state index is 11.8. The van der Waals surface area contributed by atoms with Crippen LogP contribution in [0.1, 0.15) is 20.9 Å². The number of aromatic hydroxyl groups is 1. The highest BCUT2D eigenvalue weighted by Gasteiger charge is 2.13. The third-order valence-corrected chi connectivity index (χ3v) is 3.66. The molecule has 0 bridgehead atoms. The van der Waals surface area contributed by atoms with Gasteiger partial charge in [-0.1, -0.05) is 22.9 Å². The second-order valence-electron chi connectivity index (χ2n) is 3.88. The van der Waals surface area contributed by atoms with Gasteiger partial charge in [-0.05, 0) is 30.7 Å². The van der Waals surface area contributed by atoms with Gasteiger partial charge in [0.1, 0.15) is 10.6 Å². The first-order valence-corrected chi connectivity index (χ1v) is 6.71. The number of carbonyl (C=O) groups is 1. The van der Waals surface area contributed by atoms with Gasteiger partial charge in [0, 0.05) is 0 Å². The van der Waals surface area contributed by atoms with Gasteiger partial charge in [-0.2, -0.15) is 5.10 Å². The predicted octanol–water partition coefficient (Wildman–Crippen LogP) is 2.16. The quantitative estimate of drug-likeness (QED) is 0.597. The van der Waals surface area contributed by atoms with Crippen molar-refractivity contribution in [2.45, 2.75) is 6.92 Å². The zero-order chi connectivity index (χ0) is 14.7. The van der Waals surface area contributed by atoms with Gasteiger partial charge >= 0.3 is 0 Å². The number of carbonyl (C=O) groups excluding carboxylic acids is 1. The van der Waals surface area contributed by atoms with E-state index in [0.29, 0.717) is 21.3 Å². The van der Waals surface area contributed by atoms with Crippen LogP contribution < -0.4 is 11.2 Å². The van der Waals surface area contributed by atoms with Crippen molar-refractivity contribution in [3.8, 4) is 5.75 Å². The number of hydrogen-bond donors (Lipinski definition) is 3. The first kappa shape index (κ1) is 14.3. The number of amides is 1. The number of nitrogens with one attached hydrogen (secondary N) is 1. The number of nitrogens with two attached hydrogens (primary N) is 1. The van der Waals surface area contributed by atoms with Gasteiger partial charge in [0.2, 0.25) is 0 Å². The van der Waals surface area contributed by atoms with Gasteiger partial charge in [-0.3, -0.25) is 4.79 Å². The molecule has 20 heavy (non-hydrogen) atoms. The highest BCUT2D eigenvalue weighted by atomic mass is 35.5. The number of anilines is 1. The summed E-state index contributed by atoms with van der Waals surface area (Å²) in [6.45, 7) is 1.70. The summed E-state index contributed by atoms with van der Waals surface area (Å²) in [7, 11) is 0. The molecule has 1 heterocycles. The van der Waals surface area contributed by atoms with Crippen molar-refractivity contribution in [3.05, 3.63) is 39.4 Å². The number of aromatic nitrogens is 1. The van der Waals surface area contributed by atoms with Gasteiger partial charge in [-0.25, -0.2) is 10.4 Å². The second kappa shape index (κ2) is 5.89. The lowest BCUT2D eigenvalue weighted by Crippen LogP contribution is -2.17. The van der Waals surface area contributed by atoms with Gasteiger partial charge < -0.3 is 10.8 Å². The predicted molar refractivity (Wildman–Crippen MR) is 79.4 cm³/mol. The first-order valence-electron chi connectivity index (χ1n) is 5.52. The van der Waals surface area contributed by atoms with Crippen molar-refractivity contribution >= 4 is 40.2 Å². The van der Waals surface area contributed by atoms with Crippen molar-refractivity contribution in [3.63, 3.8) is 0 Å². The van der Waals surface area contributed by atoms with Crippen LogP contribution in [0, 0.1) is 6.92 Å². The topological polar surface area (TPSA) is 101 Å². The summed E-state index contributed by atoms with van der Waals surface area (Å²) in [5.41, 5.74) is 9.10. The molecule has 104 valence electrons. The fourth-order valence-corrected chi connectivity index (χ4v) is 2.36. The molecule has 0 atom stereocenters. The van der Waals surface area contributed by atoms with Crippen LogP contribution in [-0.2, 0) is 0 Å². The highest BCUT2D eigenvalue weighted by molar-refractivity contribution is 7.17. The minimum Gasteiger partial charge on any atom is -0.506 e. The van der Waals surface area contributed by atoms with Crippen LogP contribution in [0.25, 0.3) is 0 Å². The number of hydrogen-bond acceptors (Lipinski definition) is 6. The third-order valence-electron chi connectivity index (χ3n) is 2.37. The normalized spacial score (nSPS) is 10.9. The SMILES string of the molecule is Cc1nc(N)sc1C(=O)N/N=C\c1ccc(O)c(Cl)c1. The summed E-state index contributed by atoms with van der Waals surface area (Å²) in [6, 6.07) is 4.59. The van der Waals surface area contributed by atoms with Gasteiger partial charge in [0.15, 0.2) is 5.13 Å². The molecule has 4 N–H and O–H groups in total. The minimum absolute atomic E-state index is 0.0105. The number of nitrogens with zero attached hydrogens (tertiary/aromatic N) is 2. The average molecular weight is 311 g/mol. The smallest absolute Gasteiger partial charge is 0.283 e. The van der Waals surface area contributed by atoms with Crippen molar-refractivity contribution < 1.29 is 9.90 Å². The molecule has 1 aromatic heterocycles. The molecule has 2 rings (SSSR count). The summed E-state index contributed by atoms with van der Waals surface area (Å²) >= 11 is 6.85. The Hall–Kier alpha value is -2.12. The van der Waals surface area contributed by atoms with E-state index >= 15 is 0 Å². The molecule has 1 amide bonds. The van der Waals surface area contributed by atoms with Crippen LogP contribution >= 0.6 is 22.9 Å². The number of phenolic OH excluding ortho intramolecular Hbond substituents is 1. The molecule has 0 saturated carbocycles. The van der Waals surface area contributed by atoms with E-state index in [9.17, 15) is 9.90 Å². The molecule has 6 nitrogen and oxygen atoms in total. The van der Waals surface area contributed by atoms with Gasteiger partial charge in [-0.15, -0.1) is 0 Å². The summed E-state index contributed by atoms with van der Waals surface area (Å²) in [5, 5.41) is 13.6. The van der Waals surface area contributed by atoms with Crippen LogP contribution in [0.5, 0.6) is 5.75 Å². The van der Waals surface area contributed by atoms with Crippen molar-refractivity contribution in [1.29, 1.82) is 0 Å². The van der Waals surface area contributed by atoms with Gasteiger partial charge in [0.25, 0.3) is 5.91 Å². The lowest BCUT2D eigenvalue weighted by Gasteiger charge is -1.99. The second-order valence-corrected chi connectivity index (χ2v) is 5.31. The molecule has 0 unspecified atom stereocenters. The number of nitrogen functional groups attached to an aromatic ring is 1. The molecule has 1 aromatic carbocycles. The van der Waals surface area contributed by atoms with Gasteiger partial charge in [0.05, 0.1) is 16.9 Å². The van der Waals surface area contributed by atoms with E-state index in [2.05, 4.69) is 15.5 Å². The molecule has 2 aromatic rings. The molecular formula is C12H11ClN4O2S. The van der Waals surface area contributed by atoms with Crippen LogP contribution in [0.3, 0.4) is 0 Å². The fraction of sp³-hybridized carbons (Fsp3) is 0.0833. The van der Waals surface area contributed by atoms with E-state index in [0.717, 1.165) is 11.3 Å². The van der Waals surface area contributed by atoms with E-state index in [4.69, 9.17) is 17.3 Å². The Labute approximate surface area is 123 Å². The number of phenols is 1. The van der Waals surface area contributed by atoms with Crippen molar-refractivity contribution in [2.24, 2.45) is 5.10 Å². The van der Waals surface area contributed by atoms with E-state index in [1.54, 1.807) is 13.0 Å². The summed E-state index contributed by atoms with van der Waals surface area (Å²) < 4.78 is 0. The van der Waals surface area contributed by atoms with Crippen LogP contribution in [-0.4, -0.2) is 22.2 Å². The average Bonchev–Trinajstić information content (AvgIpc) is 2.73. The number of halogens is 1. The molecule has 0 aliphatic rings. The number of hydrazone groups is 1. The van der Waals surface area contributed by atoms with E-state index in [1.165, 1.54) is 18.3 Å². The zero-order valence-electron chi connectivity index (χ0n) is 10.4. The van der Waals surface area contributed by atoms with Crippen LogP contribution in [0.4, 0.5) is 5.13 Å². The number of thiazole rings is 1. The molecule has 8 heteroatoms. The third kappa shape index (κ3) is 3.25. The van der Waals surface area contributed by atoms with Crippen molar-refractivity contribution in [1.82, 2.24) is 10.4 Å². The zero-order valence-corrected chi connectivity index (χ0v) is 12.0. The van der Waals surface area contributed by atoms with Crippen molar-refractivity contribution in [2.75, 3.05) is 5.73 Å². The molecule has 0 aliphatic carbocycles. The number of rotatable bonds is 3. The monoisotopic (exact) mass is 310 g/mol. The molecule has 0 fully saturated rings. The Bertz CT molecular complexity index is 684. The Morgan fingerprint density at radius 1 is 1.60 bits per heavy atom. The summed E-state index contributed by atoms with van der Waals surface area (Å²) in [4.78, 5) is 16.2. The Balaban J connectivity index is 2.04. The summed E-state index contributed by atoms with van der Waals surface area (Å²) in [5.74, 6) is -0.388. The Morgan fingerprint density at radius 2 is 2.35 bits per heavy atom. The van der Waals surface area contributed by atoms with Crippen LogP contribution in [0.15, 0.2) is 23.3 Å². The van der Waals surface area contributed by atoms with E-state index in [-0.39, 0.29) is 16.7 Å².